The highest BCUT2D eigenvalue weighted by atomic mass is 35.5. The maximum absolute atomic E-state index is 13.2. The number of rotatable bonds is 0. The van der Waals surface area contributed by atoms with Crippen molar-refractivity contribution >= 4 is 22.5 Å². The molecule has 0 radical (unpaired) electrons. The molecule has 2 nitrogen and oxygen atoms in total. The van der Waals surface area contributed by atoms with E-state index in [0.717, 1.165) is 6.07 Å². The number of fused-ring (bicyclic) bond motifs is 1. The Bertz CT molecular complexity index is 595. The van der Waals surface area contributed by atoms with Gasteiger partial charge in [-0.3, -0.25) is 0 Å². The lowest BCUT2D eigenvalue weighted by Crippen LogP contribution is -2.11. The van der Waals surface area contributed by atoms with Gasteiger partial charge >= 0.3 is 6.18 Å². The highest BCUT2D eigenvalue weighted by molar-refractivity contribution is 6.34. The number of aromatic nitrogens is 2. The quantitative estimate of drug-likeness (QED) is 0.535. The van der Waals surface area contributed by atoms with Gasteiger partial charge in [0, 0.05) is 10.9 Å². The maximum Gasteiger partial charge on any atom is 0.451 e. The van der Waals surface area contributed by atoms with Gasteiger partial charge in [0.25, 0.3) is 0 Å². The van der Waals surface area contributed by atoms with Crippen LogP contribution in [0, 0.1) is 12.7 Å². The molecular weight excluding hydrogens is 260 g/mol. The lowest BCUT2D eigenvalue weighted by molar-refractivity contribution is -0.144. The number of halogens is 5. The van der Waals surface area contributed by atoms with E-state index in [1.54, 1.807) is 0 Å². The summed E-state index contributed by atoms with van der Waals surface area (Å²) in [5.41, 5.74) is -0.116. The fraction of sp³-hybridized carbons (Fsp3) is 0.200. The molecule has 2 rings (SSSR count). The number of hydrogen-bond acceptors (Lipinski definition) is 2. The normalized spacial score (nSPS) is 12.1. The number of aryl methyl sites for hydroxylation is 1. The van der Waals surface area contributed by atoms with Gasteiger partial charge in [-0.2, -0.15) is 13.2 Å². The van der Waals surface area contributed by atoms with Crippen LogP contribution in [0.1, 0.15) is 11.4 Å². The Balaban J connectivity index is 2.84. The second-order valence-electron chi connectivity index (χ2n) is 3.40. The van der Waals surface area contributed by atoms with Crippen LogP contribution in [0.4, 0.5) is 17.6 Å². The molecule has 2 aromatic rings. The molecule has 7 heteroatoms. The molecule has 0 unspecified atom stereocenters. The minimum Gasteiger partial charge on any atom is -0.224 e. The topological polar surface area (TPSA) is 25.8 Å². The van der Waals surface area contributed by atoms with E-state index < -0.39 is 17.8 Å². The van der Waals surface area contributed by atoms with Crippen LogP contribution in [0.2, 0.25) is 5.15 Å². The van der Waals surface area contributed by atoms with Crippen LogP contribution in [0.25, 0.3) is 10.9 Å². The first-order valence-electron chi connectivity index (χ1n) is 4.50. The smallest absolute Gasteiger partial charge is 0.224 e. The summed E-state index contributed by atoms with van der Waals surface area (Å²) in [6.45, 7) is 1.33. The first kappa shape index (κ1) is 12.0. The van der Waals surface area contributed by atoms with Gasteiger partial charge < -0.3 is 0 Å². The molecule has 17 heavy (non-hydrogen) atoms. The number of nitrogens with zero attached hydrogens (tertiary/aromatic N) is 2. The predicted molar refractivity (Wildman–Crippen MR) is 54.2 cm³/mol. The Hall–Kier alpha value is -1.43. The summed E-state index contributed by atoms with van der Waals surface area (Å²) in [6, 6.07) is 2.36. The molecule has 0 fully saturated rings. The van der Waals surface area contributed by atoms with Gasteiger partial charge in [0.05, 0.1) is 5.52 Å². The van der Waals surface area contributed by atoms with Crippen molar-refractivity contribution < 1.29 is 17.6 Å². The van der Waals surface area contributed by atoms with Gasteiger partial charge in [-0.15, -0.1) is 0 Å². The van der Waals surface area contributed by atoms with Crippen LogP contribution < -0.4 is 0 Å². The minimum atomic E-state index is -4.71. The van der Waals surface area contributed by atoms with Crippen LogP contribution in [0.5, 0.6) is 0 Å². The second kappa shape index (κ2) is 3.80. The Morgan fingerprint density at radius 2 is 1.82 bits per heavy atom. The van der Waals surface area contributed by atoms with Crippen molar-refractivity contribution in [3.63, 3.8) is 0 Å². The molecule has 0 saturated heterocycles. The van der Waals surface area contributed by atoms with Crippen LogP contribution in [0.3, 0.4) is 0 Å². The summed E-state index contributed by atoms with van der Waals surface area (Å²) in [7, 11) is 0. The Morgan fingerprint density at radius 1 is 1.18 bits per heavy atom. The number of alkyl halides is 3. The minimum absolute atomic E-state index is 0.0114. The van der Waals surface area contributed by atoms with Crippen LogP contribution >= 0.6 is 11.6 Å². The van der Waals surface area contributed by atoms with E-state index in [4.69, 9.17) is 11.6 Å². The molecule has 0 aliphatic carbocycles. The molecule has 0 aliphatic rings. The van der Waals surface area contributed by atoms with E-state index >= 15 is 0 Å². The van der Waals surface area contributed by atoms with Crippen molar-refractivity contribution in [1.29, 1.82) is 0 Å². The maximum atomic E-state index is 13.2. The number of benzene rings is 1. The molecule has 0 spiro atoms. The van der Waals surface area contributed by atoms with Gasteiger partial charge in [0.1, 0.15) is 11.0 Å². The van der Waals surface area contributed by atoms with Gasteiger partial charge in [0.15, 0.2) is 0 Å². The zero-order valence-electron chi connectivity index (χ0n) is 8.44. The van der Waals surface area contributed by atoms with Crippen molar-refractivity contribution in [2.75, 3.05) is 0 Å². The average molecular weight is 265 g/mol. The molecular formula is C10H5ClF4N2. The van der Waals surface area contributed by atoms with E-state index in [0.29, 0.717) is 0 Å². The first-order chi connectivity index (χ1) is 7.80. The van der Waals surface area contributed by atoms with Gasteiger partial charge in [-0.25, -0.2) is 14.4 Å². The average Bonchev–Trinajstić information content (AvgIpc) is 2.22. The predicted octanol–water partition coefficient (Wildman–Crippen LogP) is 3.75. The lowest BCUT2D eigenvalue weighted by atomic mass is 10.1. The standard InChI is InChI=1S/C10H5ClF4N2/c1-4-6(12)3-2-5-7(4)16-9(10(13,14)15)17-8(5)11/h2-3H,1H3. The van der Waals surface area contributed by atoms with E-state index in [1.807, 2.05) is 0 Å². The fourth-order valence-electron chi connectivity index (χ4n) is 1.40. The fourth-order valence-corrected chi connectivity index (χ4v) is 1.63. The third-order valence-electron chi connectivity index (χ3n) is 2.26. The van der Waals surface area contributed by atoms with Crippen molar-refractivity contribution in [3.8, 4) is 0 Å². The molecule has 0 saturated carbocycles. The summed E-state index contributed by atoms with van der Waals surface area (Å²) in [5.74, 6) is -2.01. The van der Waals surface area contributed by atoms with E-state index in [1.165, 1.54) is 13.0 Å². The molecule has 1 aromatic carbocycles. The first-order valence-corrected chi connectivity index (χ1v) is 4.88. The summed E-state index contributed by atoms with van der Waals surface area (Å²) in [4.78, 5) is 6.46. The zero-order valence-corrected chi connectivity index (χ0v) is 9.19. The Labute approximate surface area is 98.2 Å². The summed E-state index contributed by atoms with van der Waals surface area (Å²) >= 11 is 5.62. The Kier molecular flexibility index (Phi) is 2.69. The summed E-state index contributed by atoms with van der Waals surface area (Å²) < 4.78 is 50.6. The third-order valence-corrected chi connectivity index (χ3v) is 2.55. The molecule has 90 valence electrons. The molecule has 0 bridgehead atoms. The lowest BCUT2D eigenvalue weighted by Gasteiger charge is -2.09. The van der Waals surface area contributed by atoms with Crippen LogP contribution in [0.15, 0.2) is 12.1 Å². The van der Waals surface area contributed by atoms with Gasteiger partial charge in [-0.05, 0) is 19.1 Å². The van der Waals surface area contributed by atoms with Gasteiger partial charge in [-0.1, -0.05) is 11.6 Å². The van der Waals surface area contributed by atoms with Gasteiger partial charge in [0.2, 0.25) is 5.82 Å². The zero-order chi connectivity index (χ0) is 12.8. The SMILES string of the molecule is Cc1c(F)ccc2c(Cl)nc(C(F)(F)F)nc12. The summed E-state index contributed by atoms with van der Waals surface area (Å²) in [5, 5.41) is -0.149. The molecule has 1 heterocycles. The largest absolute Gasteiger partial charge is 0.451 e. The van der Waals surface area contributed by atoms with Crippen molar-refractivity contribution in [2.24, 2.45) is 0 Å². The molecule has 0 aliphatic heterocycles. The van der Waals surface area contributed by atoms with Crippen LogP contribution in [-0.2, 0) is 6.18 Å². The molecule has 0 atom stereocenters. The van der Waals surface area contributed by atoms with Crippen molar-refractivity contribution in [2.45, 2.75) is 13.1 Å². The highest BCUT2D eigenvalue weighted by Crippen LogP contribution is 2.31. The Morgan fingerprint density at radius 3 is 2.41 bits per heavy atom. The van der Waals surface area contributed by atoms with Crippen molar-refractivity contribution in [1.82, 2.24) is 9.97 Å². The third kappa shape index (κ3) is 2.04. The summed E-state index contributed by atoms with van der Waals surface area (Å²) in [6.07, 6.45) is -4.71. The van der Waals surface area contributed by atoms with Crippen molar-refractivity contribution in [3.05, 3.63) is 34.5 Å². The van der Waals surface area contributed by atoms with E-state index in [-0.39, 0.29) is 21.6 Å². The van der Waals surface area contributed by atoms with E-state index in [9.17, 15) is 17.6 Å². The molecule has 0 N–H and O–H groups in total. The highest BCUT2D eigenvalue weighted by Gasteiger charge is 2.35. The molecule has 0 amide bonds. The van der Waals surface area contributed by atoms with E-state index in [2.05, 4.69) is 9.97 Å². The number of hydrogen-bond donors (Lipinski definition) is 0. The second-order valence-corrected chi connectivity index (χ2v) is 3.76. The van der Waals surface area contributed by atoms with Crippen LogP contribution in [-0.4, -0.2) is 9.97 Å². The monoisotopic (exact) mass is 264 g/mol. The molecule has 1 aromatic heterocycles.